The number of rotatable bonds is 3. The average molecular weight is 422 g/mol. The zero-order valence-electron chi connectivity index (χ0n) is 15.5. The van der Waals surface area contributed by atoms with Crippen LogP contribution in [0.1, 0.15) is 17.5 Å². The number of aromatic amines is 1. The molecule has 0 spiro atoms. The van der Waals surface area contributed by atoms with Crippen LogP contribution in [0.5, 0.6) is 0 Å². The van der Waals surface area contributed by atoms with Crippen molar-refractivity contribution in [1.82, 2.24) is 19.9 Å². The molecule has 5 rings (SSSR count). The maximum Gasteiger partial charge on any atom is 0.225 e. The summed E-state index contributed by atoms with van der Waals surface area (Å²) in [5.74, 6) is 1.35. The molecule has 0 fully saturated rings. The second-order valence-electron chi connectivity index (χ2n) is 6.85. The van der Waals surface area contributed by atoms with Gasteiger partial charge in [0.05, 0.1) is 15.6 Å². The van der Waals surface area contributed by atoms with Crippen molar-refractivity contribution in [3.05, 3.63) is 59.0 Å². The van der Waals surface area contributed by atoms with Crippen LogP contribution in [0.15, 0.2) is 42.9 Å². The van der Waals surface area contributed by atoms with Crippen molar-refractivity contribution in [2.45, 2.75) is 19.8 Å². The molecule has 2 N–H and O–H groups in total. The Morgan fingerprint density at radius 3 is 2.79 bits per heavy atom. The second kappa shape index (κ2) is 7.09. The normalized spacial score (nSPS) is 13.2. The summed E-state index contributed by atoms with van der Waals surface area (Å²) in [6.07, 6.45) is 6.30. The van der Waals surface area contributed by atoms with Gasteiger partial charge in [-0.15, -0.1) is 11.3 Å². The highest BCUT2D eigenvalue weighted by atomic mass is 35.5. The van der Waals surface area contributed by atoms with E-state index in [0.29, 0.717) is 23.7 Å². The Labute approximate surface area is 176 Å². The van der Waals surface area contributed by atoms with Crippen molar-refractivity contribution in [2.75, 3.05) is 5.32 Å². The molecule has 8 heteroatoms. The van der Waals surface area contributed by atoms with E-state index in [1.165, 1.54) is 0 Å². The molecule has 0 aliphatic carbocycles. The monoisotopic (exact) mass is 421 g/mol. The summed E-state index contributed by atoms with van der Waals surface area (Å²) < 4.78 is 0. The molecular weight excluding hydrogens is 406 g/mol. The van der Waals surface area contributed by atoms with Crippen LogP contribution in [-0.4, -0.2) is 25.8 Å². The number of nitrogens with zero attached hydrogens (tertiary/aromatic N) is 3. The van der Waals surface area contributed by atoms with Crippen molar-refractivity contribution in [3.63, 3.8) is 0 Å². The Kier molecular flexibility index (Phi) is 4.41. The first-order valence-corrected chi connectivity index (χ1v) is 10.3. The molecule has 6 nitrogen and oxygen atoms in total. The van der Waals surface area contributed by atoms with Gasteiger partial charge in [-0.3, -0.25) is 4.79 Å². The molecule has 0 unspecified atom stereocenters. The number of carbonyl (C=O) groups is 1. The third kappa shape index (κ3) is 3.22. The van der Waals surface area contributed by atoms with Gasteiger partial charge in [0.2, 0.25) is 5.91 Å². The standard InChI is InChI=1S/C21H16ClN5OS/c1-11-2-3-14(15(22)10-11)17-18(20-24-8-9-25-20)29-21(27-17)13-6-7-23-19-12(13)4-5-16(28)26-19/h2-3,6-10H,4-5H2,1H3,(H,24,25)(H,23,26,28). The van der Waals surface area contributed by atoms with Crippen LogP contribution in [-0.2, 0) is 11.2 Å². The van der Waals surface area contributed by atoms with Crippen LogP contribution < -0.4 is 5.32 Å². The third-order valence-electron chi connectivity index (χ3n) is 4.87. The Morgan fingerprint density at radius 1 is 1.10 bits per heavy atom. The predicted molar refractivity (Wildman–Crippen MR) is 115 cm³/mol. The van der Waals surface area contributed by atoms with Gasteiger partial charge in [0.25, 0.3) is 0 Å². The molecule has 0 bridgehead atoms. The number of halogens is 1. The second-order valence-corrected chi connectivity index (χ2v) is 8.26. The summed E-state index contributed by atoms with van der Waals surface area (Å²) in [4.78, 5) is 29.5. The summed E-state index contributed by atoms with van der Waals surface area (Å²) in [5.41, 5.74) is 4.72. The lowest BCUT2D eigenvalue weighted by Gasteiger charge is -2.17. The summed E-state index contributed by atoms with van der Waals surface area (Å²) in [6.45, 7) is 2.01. The number of carbonyl (C=O) groups excluding carboxylic acids is 1. The van der Waals surface area contributed by atoms with E-state index in [4.69, 9.17) is 16.6 Å². The molecule has 4 aromatic rings. The molecule has 0 atom stereocenters. The Balaban J connectivity index is 1.71. The van der Waals surface area contributed by atoms with Gasteiger partial charge in [0.1, 0.15) is 16.6 Å². The number of H-pyrrole nitrogens is 1. The minimum atomic E-state index is -0.00955. The topological polar surface area (TPSA) is 83.6 Å². The number of benzene rings is 1. The van der Waals surface area contributed by atoms with Crippen LogP contribution >= 0.6 is 22.9 Å². The highest BCUT2D eigenvalue weighted by Gasteiger charge is 2.24. The largest absolute Gasteiger partial charge is 0.344 e. The lowest BCUT2D eigenvalue weighted by Crippen LogP contribution is -2.20. The minimum absolute atomic E-state index is 0.00955. The first-order valence-electron chi connectivity index (χ1n) is 9.15. The molecule has 144 valence electrons. The van der Waals surface area contributed by atoms with Gasteiger partial charge >= 0.3 is 0 Å². The molecule has 1 amide bonds. The predicted octanol–water partition coefficient (Wildman–Crippen LogP) is 5.11. The minimum Gasteiger partial charge on any atom is -0.344 e. The number of anilines is 1. The number of imidazole rings is 1. The van der Waals surface area contributed by atoms with E-state index < -0.39 is 0 Å². The number of amides is 1. The van der Waals surface area contributed by atoms with Gasteiger partial charge in [-0.05, 0) is 31.0 Å². The molecule has 4 heterocycles. The van der Waals surface area contributed by atoms with E-state index >= 15 is 0 Å². The fourth-order valence-corrected chi connectivity index (χ4v) is 4.88. The summed E-state index contributed by atoms with van der Waals surface area (Å²) >= 11 is 8.11. The molecule has 0 radical (unpaired) electrons. The van der Waals surface area contributed by atoms with E-state index in [1.807, 2.05) is 31.2 Å². The van der Waals surface area contributed by atoms with Crippen molar-refractivity contribution in [1.29, 1.82) is 0 Å². The zero-order chi connectivity index (χ0) is 20.0. The number of hydrogen-bond acceptors (Lipinski definition) is 5. The maximum absolute atomic E-state index is 11.7. The number of aryl methyl sites for hydroxylation is 1. The SMILES string of the molecule is Cc1ccc(-c2nc(-c3ccnc4c3CCC(=O)N4)sc2-c2ncc[nH]2)c(Cl)c1. The zero-order valence-corrected chi connectivity index (χ0v) is 17.1. The van der Waals surface area contributed by atoms with Crippen molar-refractivity contribution < 1.29 is 4.79 Å². The summed E-state index contributed by atoms with van der Waals surface area (Å²) in [5, 5.41) is 4.35. The van der Waals surface area contributed by atoms with Gasteiger partial charge in [0, 0.05) is 41.7 Å². The number of hydrogen-bond donors (Lipinski definition) is 2. The van der Waals surface area contributed by atoms with Gasteiger partial charge in [0.15, 0.2) is 0 Å². The van der Waals surface area contributed by atoms with Crippen LogP contribution in [0, 0.1) is 6.92 Å². The molecule has 29 heavy (non-hydrogen) atoms. The molecule has 1 aromatic carbocycles. The Bertz CT molecular complexity index is 1230. The first-order chi connectivity index (χ1) is 14.1. The van der Waals surface area contributed by atoms with Crippen molar-refractivity contribution in [2.24, 2.45) is 0 Å². The number of nitrogens with one attached hydrogen (secondary N) is 2. The molecule has 0 saturated heterocycles. The molecule has 1 aliphatic rings. The smallest absolute Gasteiger partial charge is 0.225 e. The highest BCUT2D eigenvalue weighted by Crippen LogP contribution is 2.43. The first kappa shape index (κ1) is 18.0. The van der Waals surface area contributed by atoms with Gasteiger partial charge < -0.3 is 10.3 Å². The average Bonchev–Trinajstić information content (AvgIpc) is 3.37. The van der Waals surface area contributed by atoms with Gasteiger partial charge in [-0.2, -0.15) is 0 Å². The van der Waals surface area contributed by atoms with E-state index in [-0.39, 0.29) is 5.91 Å². The van der Waals surface area contributed by atoms with Crippen LogP contribution in [0.25, 0.3) is 32.5 Å². The Hall–Kier alpha value is -3.03. The number of aromatic nitrogens is 4. The third-order valence-corrected chi connectivity index (χ3v) is 6.27. The van der Waals surface area contributed by atoms with Crippen molar-refractivity contribution >= 4 is 34.7 Å². The molecular formula is C21H16ClN5OS. The number of fused-ring (bicyclic) bond motifs is 1. The summed E-state index contributed by atoms with van der Waals surface area (Å²) in [7, 11) is 0. The lowest BCUT2D eigenvalue weighted by molar-refractivity contribution is -0.116. The van der Waals surface area contributed by atoms with E-state index in [1.54, 1.807) is 29.9 Å². The summed E-state index contributed by atoms with van der Waals surface area (Å²) in [6, 6.07) is 7.90. The van der Waals surface area contributed by atoms with Crippen LogP contribution in [0.2, 0.25) is 5.02 Å². The molecule has 1 aliphatic heterocycles. The van der Waals surface area contributed by atoms with E-state index in [2.05, 4.69) is 20.3 Å². The van der Waals surface area contributed by atoms with Crippen LogP contribution in [0.4, 0.5) is 5.82 Å². The van der Waals surface area contributed by atoms with E-state index in [0.717, 1.165) is 43.7 Å². The highest BCUT2D eigenvalue weighted by molar-refractivity contribution is 7.18. The molecule has 0 saturated carbocycles. The van der Waals surface area contributed by atoms with Crippen molar-refractivity contribution in [3.8, 4) is 32.5 Å². The van der Waals surface area contributed by atoms with Gasteiger partial charge in [-0.1, -0.05) is 23.7 Å². The fourth-order valence-electron chi connectivity index (χ4n) is 3.47. The Morgan fingerprint density at radius 2 is 2.00 bits per heavy atom. The number of pyridine rings is 1. The molecule has 3 aromatic heterocycles. The van der Waals surface area contributed by atoms with Gasteiger partial charge in [-0.25, -0.2) is 15.0 Å². The fraction of sp³-hybridized carbons (Fsp3) is 0.143. The quantitative estimate of drug-likeness (QED) is 0.481. The van der Waals surface area contributed by atoms with Crippen LogP contribution in [0.3, 0.4) is 0 Å². The maximum atomic E-state index is 11.7. The lowest BCUT2D eigenvalue weighted by atomic mass is 10.0. The number of thiazole rings is 1. The van der Waals surface area contributed by atoms with E-state index in [9.17, 15) is 4.79 Å².